The first-order valence-corrected chi connectivity index (χ1v) is 17.0. The lowest BCUT2D eigenvalue weighted by Crippen LogP contribution is -2.49. The molecule has 2 atom stereocenters. The second kappa shape index (κ2) is 17.2. The molecule has 8 nitrogen and oxygen atoms in total. The quantitative estimate of drug-likeness (QED) is 0.194. The van der Waals surface area contributed by atoms with Crippen LogP contribution in [0.3, 0.4) is 0 Å². The molecule has 0 bridgehead atoms. The van der Waals surface area contributed by atoms with E-state index in [1.165, 1.54) is 7.11 Å². The van der Waals surface area contributed by atoms with E-state index in [-0.39, 0.29) is 24.3 Å². The van der Waals surface area contributed by atoms with Gasteiger partial charge in [-0.2, -0.15) is 0 Å². The van der Waals surface area contributed by atoms with Crippen molar-refractivity contribution in [3.8, 4) is 0 Å². The van der Waals surface area contributed by atoms with Gasteiger partial charge in [0.25, 0.3) is 5.91 Å². The molecule has 2 heterocycles. The van der Waals surface area contributed by atoms with E-state index >= 15 is 0 Å². The molecule has 45 heavy (non-hydrogen) atoms. The van der Waals surface area contributed by atoms with E-state index in [1.807, 2.05) is 12.1 Å². The van der Waals surface area contributed by atoms with Gasteiger partial charge in [0.1, 0.15) is 7.11 Å². The van der Waals surface area contributed by atoms with Crippen molar-refractivity contribution in [3.63, 3.8) is 0 Å². The molecule has 2 amide bonds. The number of benzene rings is 2. The maximum Gasteiger partial charge on any atom is 0.254 e. The van der Waals surface area contributed by atoms with Gasteiger partial charge in [-0.25, -0.2) is 0 Å². The molecule has 0 aromatic heterocycles. The summed E-state index contributed by atoms with van der Waals surface area (Å²) in [6.45, 7) is 5.19. The maximum atomic E-state index is 13.3. The molecule has 2 aliphatic rings. The van der Waals surface area contributed by atoms with Crippen molar-refractivity contribution in [1.29, 1.82) is 0 Å². The zero-order valence-corrected chi connectivity index (χ0v) is 29.2. The summed E-state index contributed by atoms with van der Waals surface area (Å²) in [4.78, 5) is 37.3. The molecule has 0 spiro atoms. The van der Waals surface area contributed by atoms with Crippen molar-refractivity contribution in [1.82, 2.24) is 20.0 Å². The molecule has 0 radical (unpaired) electrons. The van der Waals surface area contributed by atoms with E-state index < -0.39 is 0 Å². The number of nitrogens with one attached hydrogen (secondary N) is 1. The highest BCUT2D eigenvalue weighted by Gasteiger charge is 2.31. The van der Waals surface area contributed by atoms with Gasteiger partial charge in [0, 0.05) is 54.6 Å². The summed E-state index contributed by atoms with van der Waals surface area (Å²) >= 11 is 25.1. The van der Waals surface area contributed by atoms with Gasteiger partial charge in [-0.05, 0) is 100 Å². The van der Waals surface area contributed by atoms with Gasteiger partial charge >= 0.3 is 0 Å². The van der Waals surface area contributed by atoms with Crippen molar-refractivity contribution < 1.29 is 14.4 Å². The molecule has 2 aliphatic heterocycles. The summed E-state index contributed by atoms with van der Waals surface area (Å²) in [5, 5.41) is 8.92. The first-order chi connectivity index (χ1) is 21.6. The minimum atomic E-state index is -0.228. The second-order valence-corrected chi connectivity index (χ2v) is 13.7. The lowest BCUT2D eigenvalue weighted by atomic mass is 9.89. The number of rotatable bonds is 12. The third-order valence-corrected chi connectivity index (χ3v) is 10.1. The van der Waals surface area contributed by atoms with Crippen molar-refractivity contribution in [2.45, 2.75) is 50.5 Å². The number of carbonyl (C=O) groups is 2. The Morgan fingerprint density at radius 3 is 2.38 bits per heavy atom. The Labute approximate surface area is 286 Å². The number of hydrogen-bond donors (Lipinski definition) is 1. The minimum Gasteiger partial charge on any atom is -0.399 e. The normalized spacial score (nSPS) is 19.3. The van der Waals surface area contributed by atoms with Crippen LogP contribution in [-0.2, 0) is 9.63 Å². The number of hydrogen-bond acceptors (Lipinski definition) is 6. The molecule has 2 aromatic rings. The SMILES string of the molecule is CNC(=O)C[C@H]1CCCN(C2CCN(CC[C@@H](/C(CN(C)C(=O)c3cc(Cl)cc(Cl)c3)=N/OC)c3ccc(Cl)c(Cl)c3)CC2)C1. The molecule has 0 unspecified atom stereocenters. The van der Waals surface area contributed by atoms with Crippen molar-refractivity contribution in [2.75, 3.05) is 60.5 Å². The van der Waals surface area contributed by atoms with Crippen LogP contribution < -0.4 is 5.32 Å². The van der Waals surface area contributed by atoms with Crippen molar-refractivity contribution >= 4 is 63.9 Å². The third-order valence-electron chi connectivity index (χ3n) is 8.92. The fourth-order valence-corrected chi connectivity index (χ4v) is 7.40. The first-order valence-electron chi connectivity index (χ1n) is 15.5. The minimum absolute atomic E-state index is 0.133. The van der Waals surface area contributed by atoms with Gasteiger partial charge in [-0.1, -0.05) is 57.6 Å². The molecular weight excluding hydrogens is 656 g/mol. The Morgan fingerprint density at radius 2 is 1.73 bits per heavy atom. The number of halogens is 4. The number of amides is 2. The smallest absolute Gasteiger partial charge is 0.254 e. The van der Waals surface area contributed by atoms with Crippen LogP contribution in [0.2, 0.25) is 20.1 Å². The highest BCUT2D eigenvalue weighted by molar-refractivity contribution is 6.42. The van der Waals surface area contributed by atoms with E-state index in [1.54, 1.807) is 43.3 Å². The highest BCUT2D eigenvalue weighted by atomic mass is 35.5. The summed E-state index contributed by atoms with van der Waals surface area (Å²) in [5.41, 5.74) is 2.05. The van der Waals surface area contributed by atoms with Crippen LogP contribution in [0.25, 0.3) is 0 Å². The van der Waals surface area contributed by atoms with E-state index in [4.69, 9.17) is 51.2 Å². The van der Waals surface area contributed by atoms with Crippen LogP contribution in [0.15, 0.2) is 41.6 Å². The van der Waals surface area contributed by atoms with Crippen LogP contribution in [0.5, 0.6) is 0 Å². The Bertz CT molecular complexity index is 1330. The summed E-state index contributed by atoms with van der Waals surface area (Å²) in [7, 11) is 4.94. The van der Waals surface area contributed by atoms with Crippen LogP contribution in [0.1, 0.15) is 60.4 Å². The molecule has 4 rings (SSSR count). The predicted octanol–water partition coefficient (Wildman–Crippen LogP) is 6.86. The average Bonchev–Trinajstić information content (AvgIpc) is 3.02. The molecule has 12 heteroatoms. The van der Waals surface area contributed by atoms with E-state index in [0.29, 0.717) is 49.7 Å². The monoisotopic (exact) mass is 697 g/mol. The van der Waals surface area contributed by atoms with Crippen molar-refractivity contribution in [2.24, 2.45) is 11.1 Å². The van der Waals surface area contributed by atoms with Gasteiger partial charge in [0.15, 0.2) is 0 Å². The summed E-state index contributed by atoms with van der Waals surface area (Å²) in [5.74, 6) is 0.175. The number of nitrogens with zero attached hydrogens (tertiary/aromatic N) is 4. The van der Waals surface area contributed by atoms with Crippen LogP contribution in [0.4, 0.5) is 0 Å². The van der Waals surface area contributed by atoms with Crippen molar-refractivity contribution in [3.05, 3.63) is 67.6 Å². The zero-order chi connectivity index (χ0) is 32.5. The van der Waals surface area contributed by atoms with Crippen LogP contribution >= 0.6 is 46.4 Å². The Balaban J connectivity index is 1.43. The third kappa shape index (κ3) is 10.2. The number of piperidine rings is 2. The molecule has 0 saturated carbocycles. The average molecular weight is 700 g/mol. The van der Waals surface area contributed by atoms with E-state index in [2.05, 4.69) is 20.3 Å². The number of carbonyl (C=O) groups excluding carboxylic acids is 2. The second-order valence-electron chi connectivity index (χ2n) is 12.1. The fraction of sp³-hybridized carbons (Fsp3) is 0.545. The fourth-order valence-electron chi connectivity index (χ4n) is 6.57. The molecule has 246 valence electrons. The van der Waals surface area contributed by atoms with Crippen LogP contribution in [-0.4, -0.2) is 98.7 Å². The van der Waals surface area contributed by atoms with E-state index in [9.17, 15) is 9.59 Å². The molecule has 2 fully saturated rings. The summed E-state index contributed by atoms with van der Waals surface area (Å²) in [6, 6.07) is 11.0. The van der Waals surface area contributed by atoms with E-state index in [0.717, 1.165) is 70.4 Å². The summed E-state index contributed by atoms with van der Waals surface area (Å²) < 4.78 is 0. The lowest BCUT2D eigenvalue weighted by molar-refractivity contribution is -0.122. The zero-order valence-electron chi connectivity index (χ0n) is 26.2. The van der Waals surface area contributed by atoms with Gasteiger partial charge < -0.3 is 24.9 Å². The van der Waals surface area contributed by atoms with Crippen LogP contribution in [0, 0.1) is 5.92 Å². The lowest BCUT2D eigenvalue weighted by Gasteiger charge is -2.42. The molecule has 2 saturated heterocycles. The predicted molar refractivity (Wildman–Crippen MR) is 184 cm³/mol. The largest absolute Gasteiger partial charge is 0.399 e. The standard InChI is InChI=1S/C33H43Cl4N5O3/c1-38-32(43)15-22-5-4-11-42(20-22)27-8-12-41(13-9-27)14-10-28(23-6-7-29(36)30(37)18-23)31(39-45-3)21-40(2)33(44)24-16-25(34)19-26(35)17-24/h6-7,16-19,22,27-28H,4-5,8-15,20-21H2,1-3H3,(H,38,43)/b39-31+/t22-,28-/m1/s1. The van der Waals surface area contributed by atoms with Gasteiger partial charge in [0.05, 0.1) is 22.3 Å². The summed E-state index contributed by atoms with van der Waals surface area (Å²) in [6.07, 6.45) is 5.84. The molecule has 2 aromatic carbocycles. The number of likely N-dealkylation sites (tertiary alicyclic amines) is 2. The first kappa shape index (κ1) is 35.8. The Hall–Kier alpha value is -2.07. The Morgan fingerprint density at radius 1 is 1.02 bits per heavy atom. The molecule has 1 N–H and O–H groups in total. The highest BCUT2D eigenvalue weighted by Crippen LogP contribution is 2.31. The molecular formula is C33H43Cl4N5O3. The topological polar surface area (TPSA) is 77.5 Å². The van der Waals surface area contributed by atoms with Gasteiger partial charge in [-0.3, -0.25) is 9.59 Å². The van der Waals surface area contributed by atoms with Gasteiger partial charge in [-0.15, -0.1) is 0 Å². The van der Waals surface area contributed by atoms with Gasteiger partial charge in [0.2, 0.25) is 5.91 Å². The number of oxime groups is 1. The maximum absolute atomic E-state index is 13.3. The Kier molecular flexibility index (Phi) is 13.7. The molecule has 0 aliphatic carbocycles.